The third-order valence-electron chi connectivity index (χ3n) is 6.68. The van der Waals surface area contributed by atoms with Gasteiger partial charge in [0.25, 0.3) is 0 Å². The molecule has 0 fully saturated rings. The van der Waals surface area contributed by atoms with Gasteiger partial charge in [-0.05, 0) is 54.7 Å². The number of allylic oxidation sites excluding steroid dienone is 2. The normalized spacial score (nSPS) is 19.7. The summed E-state index contributed by atoms with van der Waals surface area (Å²) in [6, 6.07) is 26.3. The number of aromatic nitrogens is 2. The van der Waals surface area contributed by atoms with Gasteiger partial charge in [-0.3, -0.25) is 9.36 Å². The van der Waals surface area contributed by atoms with Gasteiger partial charge in [-0.1, -0.05) is 54.6 Å². The molecule has 0 amide bonds. The van der Waals surface area contributed by atoms with Crippen LogP contribution in [0.3, 0.4) is 0 Å². The zero-order chi connectivity index (χ0) is 22.4. The maximum atomic E-state index is 13.7. The Labute approximate surface area is 192 Å². The van der Waals surface area contributed by atoms with E-state index in [1.165, 1.54) is 5.56 Å². The Hall–Kier alpha value is -3.86. The smallest absolute Gasteiger partial charge is 0.209 e. The Bertz CT molecular complexity index is 1370. The molecule has 6 rings (SSSR count). The number of hydrogen-bond acceptors (Lipinski definition) is 4. The zero-order valence-electron chi connectivity index (χ0n) is 18.5. The van der Waals surface area contributed by atoms with Crippen molar-refractivity contribution >= 4 is 22.8 Å². The third-order valence-corrected chi connectivity index (χ3v) is 6.68. The summed E-state index contributed by atoms with van der Waals surface area (Å²) in [6.45, 7) is 2.60. The number of carbonyl (C=O) groups is 1. The maximum Gasteiger partial charge on any atom is 0.209 e. The number of nitrogens with one attached hydrogen (secondary N) is 1. The van der Waals surface area contributed by atoms with Crippen LogP contribution in [-0.4, -0.2) is 21.9 Å². The Morgan fingerprint density at radius 1 is 0.939 bits per heavy atom. The van der Waals surface area contributed by atoms with Crippen LogP contribution in [0, 0.1) is 0 Å². The van der Waals surface area contributed by atoms with Gasteiger partial charge in [0, 0.05) is 17.7 Å². The van der Waals surface area contributed by atoms with Crippen LogP contribution in [0.1, 0.15) is 42.9 Å². The zero-order valence-corrected chi connectivity index (χ0v) is 18.5. The molecule has 0 unspecified atom stereocenters. The van der Waals surface area contributed by atoms with E-state index in [4.69, 9.17) is 9.72 Å². The summed E-state index contributed by atoms with van der Waals surface area (Å²) in [5, 5.41) is 3.54. The van der Waals surface area contributed by atoms with Crippen molar-refractivity contribution in [2.75, 3.05) is 11.9 Å². The van der Waals surface area contributed by atoms with E-state index in [2.05, 4.69) is 40.2 Å². The van der Waals surface area contributed by atoms with Crippen molar-refractivity contribution < 1.29 is 9.53 Å². The molecule has 0 radical (unpaired) electrons. The van der Waals surface area contributed by atoms with Gasteiger partial charge in [-0.25, -0.2) is 4.98 Å². The molecule has 0 saturated carbocycles. The predicted octanol–water partition coefficient (Wildman–Crippen LogP) is 5.85. The topological polar surface area (TPSA) is 56.1 Å². The molecule has 1 aliphatic heterocycles. The fraction of sp³-hybridized carbons (Fsp3) is 0.214. The molecule has 4 aromatic rings. The van der Waals surface area contributed by atoms with Crippen molar-refractivity contribution in [3.63, 3.8) is 0 Å². The van der Waals surface area contributed by atoms with E-state index >= 15 is 0 Å². The average molecular weight is 436 g/mol. The fourth-order valence-electron chi connectivity index (χ4n) is 5.21. The number of para-hydroxylation sites is 2. The van der Waals surface area contributed by atoms with E-state index in [9.17, 15) is 4.79 Å². The van der Waals surface area contributed by atoms with Crippen molar-refractivity contribution in [1.29, 1.82) is 0 Å². The molecule has 2 aliphatic rings. The molecular formula is C28H25N3O2. The van der Waals surface area contributed by atoms with Crippen molar-refractivity contribution in [2.24, 2.45) is 0 Å². The number of nitrogens with zero attached hydrogens (tertiary/aromatic N) is 2. The molecule has 33 heavy (non-hydrogen) atoms. The molecule has 5 nitrogen and oxygen atoms in total. The number of Topliss-reactive ketones (excluding diaryl/α,β-unsaturated/α-hetero) is 1. The Balaban J connectivity index is 1.50. The van der Waals surface area contributed by atoms with Gasteiger partial charge in [0.15, 0.2) is 5.78 Å². The molecule has 3 aromatic carbocycles. The lowest BCUT2D eigenvalue weighted by Crippen LogP contribution is -2.33. The number of anilines is 1. The predicted molar refractivity (Wildman–Crippen MR) is 130 cm³/mol. The van der Waals surface area contributed by atoms with Crippen LogP contribution in [0.25, 0.3) is 11.0 Å². The molecule has 0 saturated heterocycles. The standard InChI is InChI=1S/C28H25N3O2/c1-2-33-21-14-12-19(13-15-21)27-26-23(16-20(17-25(26)32)18-8-4-3-5-9-18)30-28-29-22-10-6-7-11-24(22)31(27)28/h3-15,20,27H,2,16-17H2,1H3,(H,29,30)/t20-,27+/m0/s1. The lowest BCUT2D eigenvalue weighted by molar-refractivity contribution is -0.116. The molecule has 1 aromatic heterocycles. The summed E-state index contributed by atoms with van der Waals surface area (Å²) in [7, 11) is 0. The molecule has 0 spiro atoms. The Morgan fingerprint density at radius 2 is 1.70 bits per heavy atom. The lowest BCUT2D eigenvalue weighted by atomic mass is 9.77. The summed E-state index contributed by atoms with van der Waals surface area (Å²) in [6.07, 6.45) is 1.31. The molecule has 2 atom stereocenters. The molecule has 5 heteroatoms. The van der Waals surface area contributed by atoms with Crippen LogP contribution < -0.4 is 10.1 Å². The summed E-state index contributed by atoms with van der Waals surface area (Å²) in [5.41, 5.74) is 6.04. The number of rotatable bonds is 4. The summed E-state index contributed by atoms with van der Waals surface area (Å²) in [5.74, 6) is 1.98. The number of fused-ring (bicyclic) bond motifs is 3. The van der Waals surface area contributed by atoms with E-state index in [1.54, 1.807) is 0 Å². The van der Waals surface area contributed by atoms with E-state index in [0.717, 1.165) is 46.0 Å². The van der Waals surface area contributed by atoms with Crippen LogP contribution in [0.15, 0.2) is 90.1 Å². The quantitative estimate of drug-likeness (QED) is 0.437. The summed E-state index contributed by atoms with van der Waals surface area (Å²) in [4.78, 5) is 18.5. The number of ether oxygens (including phenoxy) is 1. The number of hydrogen-bond donors (Lipinski definition) is 1. The van der Waals surface area contributed by atoms with Crippen molar-refractivity contribution in [2.45, 2.75) is 31.7 Å². The monoisotopic (exact) mass is 435 g/mol. The summed E-state index contributed by atoms with van der Waals surface area (Å²) < 4.78 is 7.82. The Morgan fingerprint density at radius 3 is 2.48 bits per heavy atom. The minimum Gasteiger partial charge on any atom is -0.494 e. The van der Waals surface area contributed by atoms with Crippen molar-refractivity contribution in [3.05, 3.63) is 101 Å². The second-order valence-corrected chi connectivity index (χ2v) is 8.65. The highest BCUT2D eigenvalue weighted by atomic mass is 16.5. The number of carbonyl (C=O) groups excluding carboxylic acids is 1. The van der Waals surface area contributed by atoms with Gasteiger partial charge >= 0.3 is 0 Å². The fourth-order valence-corrected chi connectivity index (χ4v) is 5.21. The van der Waals surface area contributed by atoms with E-state index < -0.39 is 0 Å². The van der Waals surface area contributed by atoms with E-state index in [1.807, 2.05) is 55.5 Å². The van der Waals surface area contributed by atoms with Crippen LogP contribution in [0.4, 0.5) is 5.95 Å². The highest BCUT2D eigenvalue weighted by Gasteiger charge is 2.39. The van der Waals surface area contributed by atoms with Gasteiger partial charge in [0.2, 0.25) is 5.95 Å². The number of imidazole rings is 1. The molecule has 164 valence electrons. The number of benzene rings is 3. The average Bonchev–Trinajstić information content (AvgIpc) is 3.22. The van der Waals surface area contributed by atoms with Crippen LogP contribution in [-0.2, 0) is 4.79 Å². The molecular weight excluding hydrogens is 410 g/mol. The second kappa shape index (κ2) is 7.93. The first-order valence-electron chi connectivity index (χ1n) is 11.5. The molecule has 1 aliphatic carbocycles. The van der Waals surface area contributed by atoms with Crippen molar-refractivity contribution in [1.82, 2.24) is 9.55 Å². The van der Waals surface area contributed by atoms with Crippen molar-refractivity contribution in [3.8, 4) is 5.75 Å². The first kappa shape index (κ1) is 19.8. The minimum absolute atomic E-state index is 0.168. The van der Waals surface area contributed by atoms with E-state index in [0.29, 0.717) is 13.0 Å². The summed E-state index contributed by atoms with van der Waals surface area (Å²) >= 11 is 0. The van der Waals surface area contributed by atoms with Gasteiger partial charge in [0.05, 0.1) is 23.7 Å². The van der Waals surface area contributed by atoms with Gasteiger partial charge < -0.3 is 10.1 Å². The van der Waals surface area contributed by atoms with Gasteiger partial charge in [0.1, 0.15) is 5.75 Å². The minimum atomic E-state index is -0.219. The molecule has 1 N–H and O–H groups in total. The molecule has 2 heterocycles. The van der Waals surface area contributed by atoms with E-state index in [-0.39, 0.29) is 17.7 Å². The van der Waals surface area contributed by atoms with Crippen LogP contribution in [0.5, 0.6) is 5.75 Å². The Kier molecular flexibility index (Phi) is 4.75. The SMILES string of the molecule is CCOc1ccc([C@@H]2C3=C(C[C@H](c4ccccc4)CC3=O)Nc3nc4ccccc4n32)cc1. The highest BCUT2D eigenvalue weighted by molar-refractivity contribution is 6.01. The second-order valence-electron chi connectivity index (χ2n) is 8.65. The third kappa shape index (κ3) is 3.32. The first-order valence-corrected chi connectivity index (χ1v) is 11.5. The lowest BCUT2D eigenvalue weighted by Gasteiger charge is -2.36. The van der Waals surface area contributed by atoms with Gasteiger partial charge in [-0.2, -0.15) is 0 Å². The van der Waals surface area contributed by atoms with Crippen LogP contribution >= 0.6 is 0 Å². The van der Waals surface area contributed by atoms with Crippen LogP contribution in [0.2, 0.25) is 0 Å². The largest absolute Gasteiger partial charge is 0.494 e. The number of ketones is 1. The van der Waals surface area contributed by atoms with Gasteiger partial charge in [-0.15, -0.1) is 0 Å². The highest BCUT2D eigenvalue weighted by Crippen LogP contribution is 2.46. The first-order chi connectivity index (χ1) is 16.2. The molecule has 0 bridgehead atoms. The maximum absolute atomic E-state index is 13.7.